The van der Waals surface area contributed by atoms with E-state index in [1.54, 1.807) is 30.3 Å². The van der Waals surface area contributed by atoms with Crippen LogP contribution in [0, 0.1) is 0 Å². The smallest absolute Gasteiger partial charge is 0.177 e. The van der Waals surface area contributed by atoms with Crippen LogP contribution in [0.25, 0.3) is 0 Å². The molecule has 0 radical (unpaired) electrons. The van der Waals surface area contributed by atoms with E-state index in [0.29, 0.717) is 22.8 Å². The molecule has 2 aromatic carbocycles. The molecule has 1 aliphatic rings. The second-order valence-corrected chi connectivity index (χ2v) is 7.71. The van der Waals surface area contributed by atoms with Gasteiger partial charge in [0.05, 0.1) is 6.61 Å². The number of oxime groups is 1. The number of nitrogens with two attached hydrogens (primary N) is 1. The summed E-state index contributed by atoms with van der Waals surface area (Å²) in [4.78, 5) is 0. The lowest BCUT2D eigenvalue weighted by Gasteiger charge is -2.40. The van der Waals surface area contributed by atoms with E-state index < -0.39 is 37.1 Å². The summed E-state index contributed by atoms with van der Waals surface area (Å²) in [7, 11) is 0. The largest absolute Gasteiger partial charge is 0.486 e. The minimum atomic E-state index is -1.45. The van der Waals surface area contributed by atoms with Crippen LogP contribution in [-0.2, 0) is 11.2 Å². The second kappa shape index (κ2) is 10.3. The van der Waals surface area contributed by atoms with Gasteiger partial charge in [-0.2, -0.15) is 0 Å². The van der Waals surface area contributed by atoms with Crippen LogP contribution in [0.2, 0.25) is 5.02 Å². The third kappa shape index (κ3) is 5.45. The molecule has 2 aromatic rings. The van der Waals surface area contributed by atoms with E-state index in [1.165, 1.54) is 0 Å². The van der Waals surface area contributed by atoms with Gasteiger partial charge in [-0.05, 0) is 41.3 Å². The van der Waals surface area contributed by atoms with E-state index in [1.807, 2.05) is 12.1 Å². The normalized spacial score (nSPS) is 26.6. The van der Waals surface area contributed by atoms with Gasteiger partial charge in [0.15, 0.2) is 5.84 Å². The van der Waals surface area contributed by atoms with Crippen LogP contribution in [0.1, 0.15) is 22.8 Å². The zero-order chi connectivity index (χ0) is 22.5. The lowest BCUT2D eigenvalue weighted by Crippen LogP contribution is -2.55. The van der Waals surface area contributed by atoms with Gasteiger partial charge >= 0.3 is 0 Å². The predicted octanol–water partition coefficient (Wildman–Crippen LogP) is 0.571. The summed E-state index contributed by atoms with van der Waals surface area (Å²) < 4.78 is 11.0. The first-order valence-corrected chi connectivity index (χ1v) is 9.98. The van der Waals surface area contributed by atoms with Gasteiger partial charge in [-0.3, -0.25) is 0 Å². The molecule has 0 spiro atoms. The number of hydrogen-bond donors (Lipinski definition) is 6. The van der Waals surface area contributed by atoms with Crippen molar-refractivity contribution in [3.63, 3.8) is 0 Å². The molecule has 1 aliphatic heterocycles. The van der Waals surface area contributed by atoms with Crippen LogP contribution in [0.5, 0.6) is 5.75 Å². The van der Waals surface area contributed by atoms with Gasteiger partial charge in [0.1, 0.15) is 42.9 Å². The number of rotatable bonds is 7. The molecule has 9 nitrogen and oxygen atoms in total. The molecule has 1 fully saturated rings. The molecule has 1 heterocycles. The Morgan fingerprint density at radius 3 is 2.42 bits per heavy atom. The Morgan fingerprint density at radius 1 is 1.06 bits per heavy atom. The van der Waals surface area contributed by atoms with Crippen molar-refractivity contribution in [2.75, 3.05) is 13.2 Å². The fourth-order valence-electron chi connectivity index (χ4n) is 3.39. The first-order chi connectivity index (χ1) is 14.8. The van der Waals surface area contributed by atoms with Crippen molar-refractivity contribution in [3.8, 4) is 5.75 Å². The Balaban J connectivity index is 1.75. The van der Waals surface area contributed by atoms with Gasteiger partial charge in [0, 0.05) is 5.02 Å². The molecular formula is C21H25ClN2O7. The van der Waals surface area contributed by atoms with Crippen molar-refractivity contribution in [2.45, 2.75) is 36.9 Å². The monoisotopic (exact) mass is 452 g/mol. The molecule has 31 heavy (non-hydrogen) atoms. The molecule has 168 valence electrons. The van der Waals surface area contributed by atoms with Crippen molar-refractivity contribution in [1.82, 2.24) is 0 Å². The van der Waals surface area contributed by atoms with Crippen LogP contribution in [0.15, 0.2) is 47.6 Å². The highest BCUT2D eigenvalue weighted by Crippen LogP contribution is 2.34. The predicted molar refractivity (Wildman–Crippen MR) is 112 cm³/mol. The average molecular weight is 453 g/mol. The van der Waals surface area contributed by atoms with Crippen LogP contribution in [0.4, 0.5) is 0 Å². The van der Waals surface area contributed by atoms with E-state index in [2.05, 4.69) is 5.16 Å². The van der Waals surface area contributed by atoms with Crippen molar-refractivity contribution in [3.05, 3.63) is 64.2 Å². The van der Waals surface area contributed by atoms with Gasteiger partial charge in [-0.15, -0.1) is 0 Å². The highest BCUT2D eigenvalue weighted by Gasteiger charge is 2.44. The standard InChI is InChI=1S/C21H25ClN2O7/c22-15-6-3-12(21-20(28)19(27)18(26)16(9-25)31-21)8-13(15)7-11-1-4-14(5-2-11)30-10-17(23)24-29/h1-6,8,16,18-21,25-29H,7,9-10H2,(H2,23,24)/t16-,18-,19+,20-,21+/m1/s1. The number of benzene rings is 2. The number of aliphatic hydroxyl groups is 4. The van der Waals surface area contributed by atoms with Crippen molar-refractivity contribution in [2.24, 2.45) is 10.9 Å². The summed E-state index contributed by atoms with van der Waals surface area (Å²) in [5.74, 6) is 0.511. The lowest BCUT2D eigenvalue weighted by atomic mass is 9.90. The molecule has 5 atom stereocenters. The zero-order valence-corrected chi connectivity index (χ0v) is 17.3. The molecule has 0 amide bonds. The summed E-state index contributed by atoms with van der Waals surface area (Å²) in [5, 5.41) is 51.7. The molecular weight excluding hydrogens is 428 g/mol. The summed E-state index contributed by atoms with van der Waals surface area (Å²) >= 11 is 6.35. The van der Waals surface area contributed by atoms with Crippen LogP contribution < -0.4 is 10.5 Å². The van der Waals surface area contributed by atoms with Crippen LogP contribution >= 0.6 is 11.6 Å². The lowest BCUT2D eigenvalue weighted by molar-refractivity contribution is -0.231. The highest BCUT2D eigenvalue weighted by atomic mass is 35.5. The Hall–Kier alpha value is -2.40. The Labute approximate surface area is 183 Å². The molecule has 7 N–H and O–H groups in total. The fraction of sp³-hybridized carbons (Fsp3) is 0.381. The van der Waals surface area contributed by atoms with Crippen LogP contribution in [0.3, 0.4) is 0 Å². The van der Waals surface area contributed by atoms with Crippen LogP contribution in [-0.4, -0.2) is 69.1 Å². The zero-order valence-electron chi connectivity index (χ0n) is 16.5. The summed E-state index contributed by atoms with van der Waals surface area (Å²) in [6.45, 7) is -0.533. The topological polar surface area (TPSA) is 158 Å². The number of ether oxygens (including phenoxy) is 2. The maximum absolute atomic E-state index is 10.4. The first-order valence-electron chi connectivity index (χ1n) is 9.61. The Morgan fingerprint density at radius 2 is 1.77 bits per heavy atom. The quantitative estimate of drug-likeness (QED) is 0.154. The first kappa shape index (κ1) is 23.3. The molecule has 0 aromatic heterocycles. The van der Waals surface area contributed by atoms with Gasteiger partial charge in [-0.25, -0.2) is 0 Å². The molecule has 0 aliphatic carbocycles. The minimum absolute atomic E-state index is 0.0389. The third-order valence-electron chi connectivity index (χ3n) is 5.12. The number of amidine groups is 1. The van der Waals surface area contributed by atoms with Crippen molar-refractivity contribution < 1.29 is 35.1 Å². The summed E-state index contributed by atoms with van der Waals surface area (Å²) in [5.41, 5.74) is 7.64. The Bertz CT molecular complexity index is 907. The highest BCUT2D eigenvalue weighted by molar-refractivity contribution is 6.31. The van der Waals surface area contributed by atoms with Gasteiger partial charge in [0.25, 0.3) is 0 Å². The fourth-order valence-corrected chi connectivity index (χ4v) is 3.58. The average Bonchev–Trinajstić information content (AvgIpc) is 2.78. The van der Waals surface area contributed by atoms with Gasteiger partial charge in [0.2, 0.25) is 0 Å². The number of hydrogen-bond acceptors (Lipinski definition) is 8. The maximum Gasteiger partial charge on any atom is 0.177 e. The third-order valence-corrected chi connectivity index (χ3v) is 5.49. The molecule has 0 unspecified atom stereocenters. The molecule has 0 bridgehead atoms. The molecule has 10 heteroatoms. The van der Waals surface area contributed by atoms with E-state index in [0.717, 1.165) is 11.1 Å². The minimum Gasteiger partial charge on any atom is -0.486 e. The van der Waals surface area contributed by atoms with Crippen molar-refractivity contribution >= 4 is 17.4 Å². The SMILES string of the molecule is N/C(COc1ccc(Cc2cc([C@@H]3O[C@H](CO)[C@@H](O)[C@H](O)[C@H]3O)ccc2Cl)cc1)=N\O. The van der Waals surface area contributed by atoms with E-state index in [4.69, 9.17) is 32.0 Å². The number of aliphatic hydroxyl groups excluding tert-OH is 4. The van der Waals surface area contributed by atoms with Crippen molar-refractivity contribution in [1.29, 1.82) is 0 Å². The van der Waals surface area contributed by atoms with Gasteiger partial charge < -0.3 is 40.8 Å². The van der Waals surface area contributed by atoms with Gasteiger partial charge in [-0.1, -0.05) is 41.0 Å². The molecule has 3 rings (SSSR count). The summed E-state index contributed by atoms with van der Waals surface area (Å²) in [6.07, 6.45) is -5.67. The molecule has 1 saturated heterocycles. The number of halogens is 1. The molecule has 0 saturated carbocycles. The summed E-state index contributed by atoms with van der Waals surface area (Å²) in [6, 6.07) is 12.3. The van der Waals surface area contributed by atoms with E-state index in [9.17, 15) is 20.4 Å². The Kier molecular flexibility index (Phi) is 7.71. The van der Waals surface area contributed by atoms with E-state index >= 15 is 0 Å². The second-order valence-electron chi connectivity index (χ2n) is 7.30. The number of nitrogens with zero attached hydrogens (tertiary/aromatic N) is 1. The maximum atomic E-state index is 10.4. The van der Waals surface area contributed by atoms with E-state index in [-0.39, 0.29) is 12.4 Å².